The van der Waals surface area contributed by atoms with Crippen molar-refractivity contribution in [1.82, 2.24) is 0 Å². The van der Waals surface area contributed by atoms with E-state index in [9.17, 15) is 4.79 Å². The topological polar surface area (TPSA) is 53.6 Å². The molecule has 0 saturated carbocycles. The maximum atomic E-state index is 13.7. The first kappa shape index (κ1) is 23.0. The summed E-state index contributed by atoms with van der Waals surface area (Å²) in [4.78, 5) is 16.1. The molecule has 5 heteroatoms. The number of hydrogen-bond acceptors (Lipinski definition) is 5. The predicted octanol–water partition coefficient (Wildman–Crippen LogP) is 6.52. The summed E-state index contributed by atoms with van der Waals surface area (Å²) in [7, 11) is 1.67. The van der Waals surface area contributed by atoms with Crippen molar-refractivity contribution in [3.63, 3.8) is 0 Å². The van der Waals surface area contributed by atoms with E-state index in [1.54, 1.807) is 7.11 Å². The number of nitrogens with zero attached hydrogens (tertiary/aromatic N) is 1. The van der Waals surface area contributed by atoms with Gasteiger partial charge in [-0.25, -0.2) is 0 Å². The Morgan fingerprint density at radius 3 is 2.17 bits per heavy atom. The smallest absolute Gasteiger partial charge is 0.163 e. The molecule has 2 N–H and O–H groups in total. The van der Waals surface area contributed by atoms with Crippen LogP contribution in [0.1, 0.15) is 49.8 Å². The summed E-state index contributed by atoms with van der Waals surface area (Å²) in [6.07, 6.45) is 1.31. The number of para-hydroxylation sites is 2. The van der Waals surface area contributed by atoms with Crippen LogP contribution in [0.5, 0.6) is 5.75 Å². The standard InChI is InChI=1S/C30H33N3O2/c1-4-33(5-2)23-14-10-20(11-15-23)22-18-27-29(28(34)19-22)30(21-12-16-24(35-3)17-13-21)32-26-9-7-6-8-25(26)31-27/h6-17,22,30-32H,4-5,18-19H2,1-3H3/t22-,30+/m0/s1. The Morgan fingerprint density at radius 1 is 0.857 bits per heavy atom. The van der Waals surface area contributed by atoms with E-state index in [1.807, 2.05) is 36.4 Å². The van der Waals surface area contributed by atoms with Crippen molar-refractivity contribution in [3.8, 4) is 5.75 Å². The maximum absolute atomic E-state index is 13.7. The van der Waals surface area contributed by atoms with Crippen LogP contribution in [0.25, 0.3) is 0 Å². The van der Waals surface area contributed by atoms with E-state index in [4.69, 9.17) is 4.74 Å². The minimum absolute atomic E-state index is 0.154. The largest absolute Gasteiger partial charge is 0.497 e. The van der Waals surface area contributed by atoms with Gasteiger partial charge in [0.15, 0.2) is 5.78 Å². The molecule has 0 unspecified atom stereocenters. The zero-order chi connectivity index (χ0) is 24.4. The second-order valence-corrected chi connectivity index (χ2v) is 9.21. The van der Waals surface area contributed by atoms with Crippen molar-refractivity contribution in [2.24, 2.45) is 0 Å². The van der Waals surface area contributed by atoms with Crippen LogP contribution in [0.15, 0.2) is 84.1 Å². The molecule has 0 bridgehead atoms. The zero-order valence-corrected chi connectivity index (χ0v) is 20.7. The Labute approximate surface area is 207 Å². The summed E-state index contributed by atoms with van der Waals surface area (Å²) in [6, 6.07) is 24.7. The average Bonchev–Trinajstić information content (AvgIpc) is 3.07. The molecule has 0 aromatic heterocycles. The highest BCUT2D eigenvalue weighted by atomic mass is 16.5. The lowest BCUT2D eigenvalue weighted by atomic mass is 9.78. The molecule has 0 radical (unpaired) electrons. The van der Waals surface area contributed by atoms with E-state index in [0.717, 1.165) is 53.5 Å². The second-order valence-electron chi connectivity index (χ2n) is 9.21. The van der Waals surface area contributed by atoms with Crippen molar-refractivity contribution in [3.05, 3.63) is 95.2 Å². The quantitative estimate of drug-likeness (QED) is 0.432. The molecule has 0 saturated heterocycles. The number of carbonyl (C=O) groups excluding carboxylic acids is 1. The third-order valence-corrected chi connectivity index (χ3v) is 7.25. The molecular formula is C30H33N3O2. The summed E-state index contributed by atoms with van der Waals surface area (Å²) in [5.74, 6) is 1.15. The normalized spacial score (nSPS) is 19.1. The molecule has 35 heavy (non-hydrogen) atoms. The minimum atomic E-state index is -0.217. The molecule has 3 aromatic carbocycles. The van der Waals surface area contributed by atoms with Gasteiger partial charge in [-0.1, -0.05) is 36.4 Å². The number of fused-ring (bicyclic) bond motifs is 1. The van der Waals surface area contributed by atoms with Gasteiger partial charge in [0.1, 0.15) is 5.75 Å². The highest BCUT2D eigenvalue weighted by Gasteiger charge is 2.36. The Bertz CT molecular complexity index is 1230. The molecule has 0 amide bonds. The lowest BCUT2D eigenvalue weighted by Crippen LogP contribution is -2.27. The van der Waals surface area contributed by atoms with Crippen molar-refractivity contribution in [2.45, 2.75) is 38.6 Å². The van der Waals surface area contributed by atoms with Gasteiger partial charge in [0.05, 0.1) is 24.5 Å². The van der Waals surface area contributed by atoms with Crippen LogP contribution in [0.2, 0.25) is 0 Å². The average molecular weight is 468 g/mol. The number of anilines is 3. The molecule has 2 aliphatic rings. The van der Waals surface area contributed by atoms with E-state index in [1.165, 1.54) is 11.3 Å². The first-order chi connectivity index (χ1) is 17.1. The van der Waals surface area contributed by atoms with Gasteiger partial charge in [-0.15, -0.1) is 0 Å². The molecule has 0 spiro atoms. The molecule has 2 atom stereocenters. The van der Waals surface area contributed by atoms with E-state index in [-0.39, 0.29) is 17.7 Å². The summed E-state index contributed by atoms with van der Waals surface area (Å²) < 4.78 is 5.35. The number of rotatable bonds is 6. The number of methoxy groups -OCH3 is 1. The molecule has 5 nitrogen and oxygen atoms in total. The number of hydrogen-bond donors (Lipinski definition) is 2. The highest BCUT2D eigenvalue weighted by molar-refractivity contribution is 6.01. The third kappa shape index (κ3) is 4.51. The first-order valence-corrected chi connectivity index (χ1v) is 12.5. The molecule has 1 aliphatic carbocycles. The van der Waals surface area contributed by atoms with Crippen LogP contribution in [-0.2, 0) is 4.79 Å². The lowest BCUT2D eigenvalue weighted by molar-refractivity contribution is -0.116. The van der Waals surface area contributed by atoms with Gasteiger partial charge in [-0.2, -0.15) is 0 Å². The number of ether oxygens (including phenoxy) is 1. The van der Waals surface area contributed by atoms with Crippen LogP contribution in [0.3, 0.4) is 0 Å². The van der Waals surface area contributed by atoms with Crippen LogP contribution < -0.4 is 20.3 Å². The van der Waals surface area contributed by atoms with E-state index >= 15 is 0 Å². The summed E-state index contributed by atoms with van der Waals surface area (Å²) in [5, 5.41) is 7.27. The van der Waals surface area contributed by atoms with Crippen molar-refractivity contribution < 1.29 is 9.53 Å². The van der Waals surface area contributed by atoms with Gasteiger partial charge in [0, 0.05) is 36.5 Å². The van der Waals surface area contributed by atoms with E-state index < -0.39 is 0 Å². The Balaban J connectivity index is 1.51. The van der Waals surface area contributed by atoms with Crippen molar-refractivity contribution in [1.29, 1.82) is 0 Å². The van der Waals surface area contributed by atoms with Crippen LogP contribution in [0.4, 0.5) is 17.1 Å². The Morgan fingerprint density at radius 2 is 1.51 bits per heavy atom. The molecule has 1 aliphatic heterocycles. The van der Waals surface area contributed by atoms with Gasteiger partial charge >= 0.3 is 0 Å². The summed E-state index contributed by atoms with van der Waals surface area (Å²) in [5.41, 5.74) is 7.34. The second kappa shape index (κ2) is 9.87. The van der Waals surface area contributed by atoms with E-state index in [0.29, 0.717) is 6.42 Å². The number of nitrogens with one attached hydrogen (secondary N) is 2. The minimum Gasteiger partial charge on any atom is -0.497 e. The third-order valence-electron chi connectivity index (χ3n) is 7.25. The first-order valence-electron chi connectivity index (χ1n) is 12.5. The molecular weight excluding hydrogens is 434 g/mol. The zero-order valence-electron chi connectivity index (χ0n) is 20.7. The lowest BCUT2D eigenvalue weighted by Gasteiger charge is -2.30. The van der Waals surface area contributed by atoms with Gasteiger partial charge < -0.3 is 20.3 Å². The molecule has 0 fully saturated rings. The van der Waals surface area contributed by atoms with Gasteiger partial charge in [0.25, 0.3) is 0 Å². The van der Waals surface area contributed by atoms with Gasteiger partial charge in [-0.05, 0) is 73.7 Å². The predicted molar refractivity (Wildman–Crippen MR) is 143 cm³/mol. The number of ketones is 1. The van der Waals surface area contributed by atoms with Crippen molar-refractivity contribution >= 4 is 22.8 Å². The fourth-order valence-corrected chi connectivity index (χ4v) is 5.32. The molecule has 3 aromatic rings. The Kier molecular flexibility index (Phi) is 6.49. The monoisotopic (exact) mass is 467 g/mol. The Hall–Kier alpha value is -3.73. The fraction of sp³-hybridized carbons (Fsp3) is 0.300. The van der Waals surface area contributed by atoms with Crippen LogP contribution >= 0.6 is 0 Å². The van der Waals surface area contributed by atoms with Gasteiger partial charge in [0.2, 0.25) is 0 Å². The molecule has 5 rings (SSSR count). The number of Topliss-reactive ketones (excluding diaryl/α,β-unsaturated/α-hetero) is 1. The van der Waals surface area contributed by atoms with E-state index in [2.05, 4.69) is 65.8 Å². The maximum Gasteiger partial charge on any atom is 0.163 e. The van der Waals surface area contributed by atoms with Crippen LogP contribution in [-0.4, -0.2) is 26.0 Å². The summed E-state index contributed by atoms with van der Waals surface area (Å²) >= 11 is 0. The SMILES string of the molecule is CCN(CC)c1ccc([C@@H]2CC(=O)C3=C(C2)Nc2ccccc2N[C@@H]3c2ccc(OC)cc2)cc1. The summed E-state index contributed by atoms with van der Waals surface area (Å²) in [6.45, 7) is 6.32. The van der Waals surface area contributed by atoms with Gasteiger partial charge in [-0.3, -0.25) is 4.79 Å². The number of allylic oxidation sites excluding steroid dienone is 1. The number of carbonyl (C=O) groups is 1. The van der Waals surface area contributed by atoms with Crippen molar-refractivity contribution in [2.75, 3.05) is 35.7 Å². The molecule has 180 valence electrons. The highest BCUT2D eigenvalue weighted by Crippen LogP contribution is 2.44. The fourth-order valence-electron chi connectivity index (χ4n) is 5.32. The van der Waals surface area contributed by atoms with Crippen LogP contribution in [0, 0.1) is 0 Å². The number of benzene rings is 3. The molecule has 1 heterocycles.